The lowest BCUT2D eigenvalue weighted by Crippen LogP contribution is -2.35. The average Bonchev–Trinajstić information content (AvgIpc) is 2.85. The predicted molar refractivity (Wildman–Crippen MR) is 85.3 cm³/mol. The molecule has 22 heavy (non-hydrogen) atoms. The molecule has 0 saturated heterocycles. The Morgan fingerprint density at radius 1 is 1.32 bits per heavy atom. The molecule has 0 aliphatic heterocycles. The number of carbonyl (C=O) groups excluding carboxylic acids is 1. The SMILES string of the molecule is C=C(C)C(=O)OC(C)(C)C1Cc2cccc3ccc(F)c1c23. The number of hydrogen-bond donors (Lipinski definition) is 0. The van der Waals surface area contributed by atoms with Gasteiger partial charge in [0.15, 0.2) is 0 Å². The van der Waals surface area contributed by atoms with Crippen LogP contribution < -0.4 is 0 Å². The fourth-order valence-electron chi connectivity index (χ4n) is 3.28. The summed E-state index contributed by atoms with van der Waals surface area (Å²) in [6.07, 6.45) is 0.671. The predicted octanol–water partition coefficient (Wildman–Crippen LogP) is 4.52. The van der Waals surface area contributed by atoms with Crippen molar-refractivity contribution >= 4 is 16.7 Å². The van der Waals surface area contributed by atoms with Gasteiger partial charge in [0.05, 0.1) is 0 Å². The van der Waals surface area contributed by atoms with Crippen molar-refractivity contribution in [1.82, 2.24) is 0 Å². The molecule has 1 aliphatic rings. The maximum Gasteiger partial charge on any atom is 0.333 e. The van der Waals surface area contributed by atoms with E-state index >= 15 is 0 Å². The Hall–Kier alpha value is -2.16. The molecule has 0 fully saturated rings. The monoisotopic (exact) mass is 298 g/mol. The van der Waals surface area contributed by atoms with Crippen LogP contribution in [0.4, 0.5) is 4.39 Å². The van der Waals surface area contributed by atoms with E-state index in [0.29, 0.717) is 17.6 Å². The number of rotatable bonds is 3. The van der Waals surface area contributed by atoms with Crippen molar-refractivity contribution < 1.29 is 13.9 Å². The van der Waals surface area contributed by atoms with Crippen molar-refractivity contribution in [2.45, 2.75) is 38.7 Å². The molecule has 1 aliphatic carbocycles. The van der Waals surface area contributed by atoms with Crippen molar-refractivity contribution in [3.05, 3.63) is 59.4 Å². The molecule has 0 amide bonds. The Bertz CT molecular complexity index is 789. The van der Waals surface area contributed by atoms with Crippen LogP contribution in [0.3, 0.4) is 0 Å². The highest BCUT2D eigenvalue weighted by Gasteiger charge is 2.41. The first-order chi connectivity index (χ1) is 10.3. The molecule has 2 nitrogen and oxygen atoms in total. The maximum atomic E-state index is 14.5. The minimum Gasteiger partial charge on any atom is -0.456 e. The third-order valence-corrected chi connectivity index (χ3v) is 4.43. The number of esters is 1. The van der Waals surface area contributed by atoms with Gasteiger partial charge in [-0.2, -0.15) is 0 Å². The van der Waals surface area contributed by atoms with E-state index in [1.54, 1.807) is 13.0 Å². The van der Waals surface area contributed by atoms with Crippen LogP contribution in [0.2, 0.25) is 0 Å². The highest BCUT2D eigenvalue weighted by molar-refractivity contribution is 5.92. The van der Waals surface area contributed by atoms with Crippen molar-refractivity contribution in [2.75, 3.05) is 0 Å². The molecule has 0 saturated carbocycles. The van der Waals surface area contributed by atoms with Crippen LogP contribution in [0.5, 0.6) is 0 Å². The number of hydrogen-bond acceptors (Lipinski definition) is 2. The highest BCUT2D eigenvalue weighted by atomic mass is 19.1. The first kappa shape index (κ1) is 14.8. The van der Waals surface area contributed by atoms with Gasteiger partial charge in [0, 0.05) is 17.1 Å². The molecule has 2 aromatic carbocycles. The Labute approximate surface area is 129 Å². The van der Waals surface area contributed by atoms with Gasteiger partial charge in [0.25, 0.3) is 0 Å². The van der Waals surface area contributed by atoms with E-state index in [1.807, 2.05) is 32.0 Å². The maximum absolute atomic E-state index is 14.5. The number of carbonyl (C=O) groups is 1. The standard InChI is InChI=1S/C19H19FO2/c1-11(2)18(21)22-19(3,4)14-10-13-7-5-6-12-8-9-15(20)17(14)16(12)13/h5-9,14H,1,10H2,2-4H3. The summed E-state index contributed by atoms with van der Waals surface area (Å²) in [5.74, 6) is -0.868. The van der Waals surface area contributed by atoms with Crippen molar-refractivity contribution in [1.29, 1.82) is 0 Å². The van der Waals surface area contributed by atoms with Crippen LogP contribution in [-0.4, -0.2) is 11.6 Å². The van der Waals surface area contributed by atoms with E-state index in [1.165, 1.54) is 6.07 Å². The van der Waals surface area contributed by atoms with Gasteiger partial charge in [-0.3, -0.25) is 0 Å². The van der Waals surface area contributed by atoms with Gasteiger partial charge in [-0.25, -0.2) is 9.18 Å². The molecule has 2 aromatic rings. The molecule has 0 heterocycles. The Morgan fingerprint density at radius 2 is 2.05 bits per heavy atom. The normalized spacial score (nSPS) is 16.8. The second-order valence-electron chi connectivity index (χ2n) is 6.51. The molecule has 0 radical (unpaired) electrons. The summed E-state index contributed by atoms with van der Waals surface area (Å²) in [7, 11) is 0. The van der Waals surface area contributed by atoms with E-state index in [0.717, 1.165) is 16.3 Å². The van der Waals surface area contributed by atoms with Crippen molar-refractivity contribution in [3.8, 4) is 0 Å². The molecule has 1 atom stereocenters. The number of benzene rings is 2. The lowest BCUT2D eigenvalue weighted by molar-refractivity contribution is -0.153. The Balaban J connectivity index is 2.08. The zero-order valence-corrected chi connectivity index (χ0v) is 13.1. The van der Waals surface area contributed by atoms with Crippen LogP contribution in [0.1, 0.15) is 37.8 Å². The molecule has 0 spiro atoms. The molecular formula is C19H19FO2. The van der Waals surface area contributed by atoms with Gasteiger partial charge >= 0.3 is 5.97 Å². The summed E-state index contributed by atoms with van der Waals surface area (Å²) in [6, 6.07) is 9.27. The number of ether oxygens (including phenoxy) is 1. The summed E-state index contributed by atoms with van der Waals surface area (Å²) in [4.78, 5) is 11.9. The van der Waals surface area contributed by atoms with E-state index in [-0.39, 0.29) is 11.7 Å². The molecule has 0 bridgehead atoms. The fraction of sp³-hybridized carbons (Fsp3) is 0.316. The number of halogens is 1. The summed E-state index contributed by atoms with van der Waals surface area (Å²) in [5.41, 5.74) is 1.32. The molecule has 3 heteroatoms. The second kappa shape index (κ2) is 4.94. The van der Waals surface area contributed by atoms with Crippen LogP contribution in [0.25, 0.3) is 10.8 Å². The van der Waals surface area contributed by atoms with Crippen LogP contribution in [-0.2, 0) is 16.0 Å². The van der Waals surface area contributed by atoms with Crippen LogP contribution in [0, 0.1) is 5.82 Å². The largest absolute Gasteiger partial charge is 0.456 e. The highest BCUT2D eigenvalue weighted by Crippen LogP contribution is 2.46. The Kier molecular flexibility index (Phi) is 3.32. The quantitative estimate of drug-likeness (QED) is 0.615. The zero-order valence-electron chi connectivity index (χ0n) is 13.1. The molecule has 0 aromatic heterocycles. The summed E-state index contributed by atoms with van der Waals surface area (Å²) in [5, 5.41) is 1.99. The first-order valence-corrected chi connectivity index (χ1v) is 7.40. The first-order valence-electron chi connectivity index (χ1n) is 7.40. The summed E-state index contributed by atoms with van der Waals surface area (Å²) >= 11 is 0. The third kappa shape index (κ3) is 2.21. The Morgan fingerprint density at radius 3 is 2.73 bits per heavy atom. The van der Waals surface area contributed by atoms with Crippen molar-refractivity contribution in [3.63, 3.8) is 0 Å². The van der Waals surface area contributed by atoms with E-state index in [2.05, 4.69) is 6.58 Å². The fourth-order valence-corrected chi connectivity index (χ4v) is 3.28. The molecule has 1 unspecified atom stereocenters. The zero-order chi connectivity index (χ0) is 16.1. The molecule has 3 rings (SSSR count). The van der Waals surface area contributed by atoms with E-state index < -0.39 is 11.6 Å². The summed E-state index contributed by atoms with van der Waals surface area (Å²) < 4.78 is 20.1. The van der Waals surface area contributed by atoms with Gasteiger partial charge in [0.1, 0.15) is 11.4 Å². The van der Waals surface area contributed by atoms with Crippen LogP contribution >= 0.6 is 0 Å². The minimum absolute atomic E-state index is 0.197. The van der Waals surface area contributed by atoms with Gasteiger partial charge in [-0.15, -0.1) is 0 Å². The molecule has 0 N–H and O–H groups in total. The van der Waals surface area contributed by atoms with Crippen molar-refractivity contribution in [2.24, 2.45) is 0 Å². The smallest absolute Gasteiger partial charge is 0.333 e. The lowest BCUT2D eigenvalue weighted by Gasteiger charge is -2.32. The molecular weight excluding hydrogens is 279 g/mol. The minimum atomic E-state index is -0.801. The van der Waals surface area contributed by atoms with Gasteiger partial charge < -0.3 is 4.74 Å². The topological polar surface area (TPSA) is 26.3 Å². The third-order valence-electron chi connectivity index (χ3n) is 4.43. The second-order valence-corrected chi connectivity index (χ2v) is 6.51. The van der Waals surface area contributed by atoms with Crippen LogP contribution in [0.15, 0.2) is 42.5 Å². The molecule has 114 valence electrons. The summed E-state index contributed by atoms with van der Waals surface area (Å²) in [6.45, 7) is 8.90. The van der Waals surface area contributed by atoms with Gasteiger partial charge in [-0.05, 0) is 49.6 Å². The lowest BCUT2D eigenvalue weighted by atomic mass is 9.84. The van der Waals surface area contributed by atoms with E-state index in [9.17, 15) is 9.18 Å². The van der Waals surface area contributed by atoms with Gasteiger partial charge in [-0.1, -0.05) is 30.8 Å². The van der Waals surface area contributed by atoms with Gasteiger partial charge in [0.2, 0.25) is 0 Å². The average molecular weight is 298 g/mol. The van der Waals surface area contributed by atoms with E-state index in [4.69, 9.17) is 4.74 Å².